The minimum atomic E-state index is 0.361. The summed E-state index contributed by atoms with van der Waals surface area (Å²) in [6, 6.07) is 0.361. The Bertz CT molecular complexity index is 490. The van der Waals surface area contributed by atoms with Gasteiger partial charge in [-0.05, 0) is 13.5 Å². The lowest BCUT2D eigenvalue weighted by molar-refractivity contribution is 0.495. The van der Waals surface area contributed by atoms with E-state index in [1.54, 1.807) is 17.7 Å². The van der Waals surface area contributed by atoms with Crippen LogP contribution in [0.2, 0.25) is 0 Å². The fraction of sp³-hybridized carbons (Fsp3) is 0.583. The molecule has 0 amide bonds. The van der Waals surface area contributed by atoms with Crippen molar-refractivity contribution in [3.8, 4) is 0 Å². The first-order chi connectivity index (χ1) is 8.69. The summed E-state index contributed by atoms with van der Waals surface area (Å²) in [5.41, 5.74) is 1.16. The van der Waals surface area contributed by atoms with Gasteiger partial charge in [0, 0.05) is 31.3 Å². The van der Waals surface area contributed by atoms with E-state index in [1.807, 2.05) is 18.7 Å². The molecule has 0 fully saturated rings. The quantitative estimate of drug-likeness (QED) is 0.856. The third kappa shape index (κ3) is 3.36. The lowest BCUT2D eigenvalue weighted by Gasteiger charge is -2.16. The van der Waals surface area contributed by atoms with Crippen LogP contribution in [0.5, 0.6) is 0 Å². The van der Waals surface area contributed by atoms with Gasteiger partial charge < -0.3 is 5.32 Å². The molecular weight excluding hydrogens is 246 g/mol. The summed E-state index contributed by atoms with van der Waals surface area (Å²) in [6.45, 7) is 5.11. The smallest absolute Gasteiger partial charge is 0.138 e. The van der Waals surface area contributed by atoms with Gasteiger partial charge in [-0.2, -0.15) is 5.10 Å². The molecule has 2 heterocycles. The normalized spacial score (nSPS) is 12.8. The van der Waals surface area contributed by atoms with Crippen molar-refractivity contribution in [3.05, 3.63) is 28.2 Å². The number of hydrogen-bond donors (Lipinski definition) is 1. The molecule has 0 bridgehead atoms. The Morgan fingerprint density at radius 3 is 2.83 bits per heavy atom. The predicted octanol–water partition coefficient (Wildman–Crippen LogP) is 1.34. The largest absolute Gasteiger partial charge is 0.313 e. The second kappa shape index (κ2) is 6.06. The molecule has 0 aliphatic carbocycles. The molecule has 6 heteroatoms. The van der Waals surface area contributed by atoms with Crippen molar-refractivity contribution >= 4 is 11.3 Å². The number of nitrogens with zero attached hydrogens (tertiary/aromatic N) is 4. The van der Waals surface area contributed by atoms with Gasteiger partial charge in [0.05, 0.1) is 10.7 Å². The number of likely N-dealkylation sites (N-methyl/N-ethyl adjacent to an activating group) is 1. The summed E-state index contributed by atoms with van der Waals surface area (Å²) in [5, 5.41) is 10.9. The number of rotatable bonds is 6. The van der Waals surface area contributed by atoms with E-state index in [0.717, 1.165) is 35.9 Å². The van der Waals surface area contributed by atoms with Crippen LogP contribution in [0, 0.1) is 6.92 Å². The van der Waals surface area contributed by atoms with Gasteiger partial charge in [-0.3, -0.25) is 4.68 Å². The first kappa shape index (κ1) is 13.2. The Labute approximate surface area is 111 Å². The Balaban J connectivity index is 2.02. The molecule has 18 heavy (non-hydrogen) atoms. The van der Waals surface area contributed by atoms with Crippen LogP contribution in [0.15, 0.2) is 11.7 Å². The lowest BCUT2D eigenvalue weighted by Crippen LogP contribution is -2.34. The van der Waals surface area contributed by atoms with Crippen molar-refractivity contribution in [3.63, 3.8) is 0 Å². The molecule has 1 unspecified atom stereocenters. The zero-order chi connectivity index (χ0) is 13.0. The van der Waals surface area contributed by atoms with Crippen LogP contribution in [0.3, 0.4) is 0 Å². The molecule has 5 nitrogen and oxygen atoms in total. The Morgan fingerprint density at radius 1 is 1.44 bits per heavy atom. The van der Waals surface area contributed by atoms with Crippen molar-refractivity contribution in [1.29, 1.82) is 0 Å². The number of nitrogens with one attached hydrogen (secondary N) is 1. The average molecular weight is 265 g/mol. The number of aryl methyl sites for hydroxylation is 2. The molecule has 1 N–H and O–H groups in total. The second-order valence-corrected chi connectivity index (χ2v) is 5.38. The highest BCUT2D eigenvalue weighted by Crippen LogP contribution is 2.11. The minimum absolute atomic E-state index is 0.361. The fourth-order valence-corrected chi connectivity index (χ4v) is 2.61. The molecule has 0 saturated carbocycles. The molecule has 1 atom stereocenters. The molecule has 2 aromatic heterocycles. The van der Waals surface area contributed by atoms with Crippen molar-refractivity contribution in [1.82, 2.24) is 25.1 Å². The van der Waals surface area contributed by atoms with E-state index in [4.69, 9.17) is 0 Å². The van der Waals surface area contributed by atoms with Gasteiger partial charge in [0.25, 0.3) is 0 Å². The van der Waals surface area contributed by atoms with Gasteiger partial charge in [0.1, 0.15) is 12.2 Å². The maximum atomic E-state index is 4.52. The summed E-state index contributed by atoms with van der Waals surface area (Å²) >= 11 is 1.70. The lowest BCUT2D eigenvalue weighted by atomic mass is 10.1. The molecule has 0 radical (unpaired) electrons. The maximum absolute atomic E-state index is 4.52. The number of hydrogen-bond acceptors (Lipinski definition) is 5. The van der Waals surface area contributed by atoms with Gasteiger partial charge in [0.2, 0.25) is 0 Å². The van der Waals surface area contributed by atoms with Crippen LogP contribution in [-0.4, -0.2) is 32.3 Å². The van der Waals surface area contributed by atoms with Crippen molar-refractivity contribution < 1.29 is 0 Å². The predicted molar refractivity (Wildman–Crippen MR) is 72.7 cm³/mol. The third-order valence-electron chi connectivity index (χ3n) is 2.85. The van der Waals surface area contributed by atoms with Crippen molar-refractivity contribution in [2.45, 2.75) is 32.7 Å². The molecule has 2 rings (SSSR count). The number of aromatic nitrogens is 4. The molecule has 0 spiro atoms. The summed E-state index contributed by atoms with van der Waals surface area (Å²) in [4.78, 5) is 8.80. The van der Waals surface area contributed by atoms with Crippen LogP contribution >= 0.6 is 11.3 Å². The SMILES string of the molecule is CCNC(Cc1csc(C)n1)Cc1ncnn1C. The van der Waals surface area contributed by atoms with Gasteiger partial charge in [-0.15, -0.1) is 11.3 Å². The second-order valence-electron chi connectivity index (χ2n) is 4.32. The van der Waals surface area contributed by atoms with E-state index in [9.17, 15) is 0 Å². The molecule has 98 valence electrons. The van der Waals surface area contributed by atoms with E-state index in [-0.39, 0.29) is 0 Å². The molecule has 0 aromatic carbocycles. The van der Waals surface area contributed by atoms with Crippen LogP contribution in [0.1, 0.15) is 23.4 Å². The van der Waals surface area contributed by atoms with Gasteiger partial charge in [0.15, 0.2) is 0 Å². The van der Waals surface area contributed by atoms with E-state index >= 15 is 0 Å². The third-order valence-corrected chi connectivity index (χ3v) is 3.67. The van der Waals surface area contributed by atoms with E-state index in [2.05, 4.69) is 32.7 Å². The van der Waals surface area contributed by atoms with Crippen LogP contribution in [-0.2, 0) is 19.9 Å². The molecular formula is C12H19N5S. The maximum Gasteiger partial charge on any atom is 0.138 e. The summed E-state index contributed by atoms with van der Waals surface area (Å²) in [7, 11) is 1.93. The van der Waals surface area contributed by atoms with Gasteiger partial charge in [-0.1, -0.05) is 6.92 Å². The summed E-state index contributed by atoms with van der Waals surface area (Å²) < 4.78 is 1.83. The molecule has 0 aliphatic heterocycles. The minimum Gasteiger partial charge on any atom is -0.313 e. The first-order valence-electron chi connectivity index (χ1n) is 6.16. The highest BCUT2D eigenvalue weighted by Gasteiger charge is 2.14. The highest BCUT2D eigenvalue weighted by atomic mass is 32.1. The first-order valence-corrected chi connectivity index (χ1v) is 7.04. The Morgan fingerprint density at radius 2 is 2.28 bits per heavy atom. The summed E-state index contributed by atoms with van der Waals surface area (Å²) in [5.74, 6) is 1.01. The van der Waals surface area contributed by atoms with Crippen molar-refractivity contribution in [2.24, 2.45) is 7.05 Å². The average Bonchev–Trinajstić information content (AvgIpc) is 2.90. The van der Waals surface area contributed by atoms with Crippen molar-refractivity contribution in [2.75, 3.05) is 6.54 Å². The molecule has 2 aromatic rings. The van der Waals surface area contributed by atoms with Gasteiger partial charge in [-0.25, -0.2) is 9.97 Å². The van der Waals surface area contributed by atoms with E-state index < -0.39 is 0 Å². The van der Waals surface area contributed by atoms with Crippen LogP contribution in [0.25, 0.3) is 0 Å². The number of thiazole rings is 1. The summed E-state index contributed by atoms with van der Waals surface area (Å²) in [6.07, 6.45) is 3.41. The Kier molecular flexibility index (Phi) is 4.43. The zero-order valence-corrected chi connectivity index (χ0v) is 11.9. The monoisotopic (exact) mass is 265 g/mol. The van der Waals surface area contributed by atoms with Gasteiger partial charge >= 0.3 is 0 Å². The van der Waals surface area contributed by atoms with E-state index in [1.165, 1.54) is 0 Å². The van der Waals surface area contributed by atoms with Crippen LogP contribution in [0.4, 0.5) is 0 Å². The molecule has 0 saturated heterocycles. The molecule has 0 aliphatic rings. The van der Waals surface area contributed by atoms with Crippen LogP contribution < -0.4 is 5.32 Å². The fourth-order valence-electron chi connectivity index (χ4n) is 1.98. The zero-order valence-electron chi connectivity index (χ0n) is 11.1. The van der Waals surface area contributed by atoms with E-state index in [0.29, 0.717) is 6.04 Å². The Hall–Kier alpha value is -1.27. The highest BCUT2D eigenvalue weighted by molar-refractivity contribution is 7.09. The standard InChI is InChI=1S/C12H19N5S/c1-4-13-10(5-11-7-18-9(2)16-11)6-12-14-8-15-17(12)3/h7-8,10,13H,4-6H2,1-3H3. The topological polar surface area (TPSA) is 55.6 Å².